The first-order chi connectivity index (χ1) is 13.5. The van der Waals surface area contributed by atoms with E-state index in [4.69, 9.17) is 9.47 Å². The van der Waals surface area contributed by atoms with Crippen LogP contribution in [0, 0.1) is 0 Å². The van der Waals surface area contributed by atoms with Gasteiger partial charge in [0, 0.05) is 10.0 Å². The lowest BCUT2D eigenvalue weighted by molar-refractivity contribution is 0.0734. The van der Waals surface area contributed by atoms with E-state index in [1.807, 2.05) is 18.2 Å². The van der Waals surface area contributed by atoms with Gasteiger partial charge in [-0.1, -0.05) is 40.2 Å². The van der Waals surface area contributed by atoms with Gasteiger partial charge in [0.15, 0.2) is 5.78 Å². The lowest BCUT2D eigenvalue weighted by atomic mass is 10.1. The first-order valence-corrected chi connectivity index (χ1v) is 9.29. The summed E-state index contributed by atoms with van der Waals surface area (Å²) in [7, 11) is 1.54. The Kier molecular flexibility index (Phi) is 6.40. The highest BCUT2D eigenvalue weighted by Crippen LogP contribution is 2.19. The maximum Gasteiger partial charge on any atom is 0.343 e. The smallest absolute Gasteiger partial charge is 0.343 e. The molecule has 0 saturated carbocycles. The van der Waals surface area contributed by atoms with Gasteiger partial charge in [-0.3, -0.25) is 4.79 Å². The number of ketones is 1. The Bertz CT molecular complexity index is 1020. The number of carbonyl (C=O) groups excluding carboxylic acids is 2. The van der Waals surface area contributed by atoms with Crippen LogP contribution in [0.1, 0.15) is 26.3 Å². The van der Waals surface area contributed by atoms with Crippen LogP contribution in [0.15, 0.2) is 83.3 Å². The van der Waals surface area contributed by atoms with Crippen molar-refractivity contribution in [2.24, 2.45) is 0 Å². The third kappa shape index (κ3) is 5.18. The van der Waals surface area contributed by atoms with Gasteiger partial charge in [0.1, 0.15) is 11.5 Å². The van der Waals surface area contributed by atoms with E-state index in [9.17, 15) is 9.59 Å². The van der Waals surface area contributed by atoms with Crippen LogP contribution in [0.2, 0.25) is 0 Å². The van der Waals surface area contributed by atoms with Gasteiger partial charge < -0.3 is 9.47 Å². The van der Waals surface area contributed by atoms with Gasteiger partial charge in [0.05, 0.1) is 12.7 Å². The molecule has 28 heavy (non-hydrogen) atoms. The minimum atomic E-state index is -0.481. The molecule has 0 N–H and O–H groups in total. The maximum atomic E-state index is 12.3. The van der Waals surface area contributed by atoms with Gasteiger partial charge in [-0.15, -0.1) is 0 Å². The number of benzene rings is 3. The quantitative estimate of drug-likeness (QED) is 0.219. The SMILES string of the molecule is COc1cccc(C(=O)Oc2cccc(/C=C/C(=O)c3ccc(Br)cc3)c2)c1. The van der Waals surface area contributed by atoms with Crippen molar-refractivity contribution >= 4 is 33.8 Å². The maximum absolute atomic E-state index is 12.3. The van der Waals surface area contributed by atoms with E-state index in [2.05, 4.69) is 15.9 Å². The summed E-state index contributed by atoms with van der Waals surface area (Å²) in [6.07, 6.45) is 3.18. The van der Waals surface area contributed by atoms with E-state index in [1.165, 1.54) is 13.2 Å². The first-order valence-electron chi connectivity index (χ1n) is 8.49. The molecule has 140 valence electrons. The number of esters is 1. The van der Waals surface area contributed by atoms with Gasteiger partial charge in [0.2, 0.25) is 0 Å². The van der Waals surface area contributed by atoms with E-state index in [-0.39, 0.29) is 5.78 Å². The van der Waals surface area contributed by atoms with Gasteiger partial charge in [0.25, 0.3) is 0 Å². The van der Waals surface area contributed by atoms with Crippen LogP contribution in [0.25, 0.3) is 6.08 Å². The molecular weight excluding hydrogens is 420 g/mol. The second-order valence-electron chi connectivity index (χ2n) is 5.90. The molecule has 0 atom stereocenters. The highest BCUT2D eigenvalue weighted by atomic mass is 79.9. The Morgan fingerprint density at radius 2 is 1.57 bits per heavy atom. The van der Waals surface area contributed by atoms with Crippen molar-refractivity contribution in [3.63, 3.8) is 0 Å². The zero-order valence-electron chi connectivity index (χ0n) is 15.1. The van der Waals surface area contributed by atoms with Crippen LogP contribution in [0.3, 0.4) is 0 Å². The summed E-state index contributed by atoms with van der Waals surface area (Å²) in [6.45, 7) is 0. The number of ether oxygens (including phenoxy) is 2. The fraction of sp³-hybridized carbons (Fsp3) is 0.0435. The lowest BCUT2D eigenvalue weighted by Gasteiger charge is -2.06. The van der Waals surface area contributed by atoms with E-state index in [0.29, 0.717) is 22.6 Å². The summed E-state index contributed by atoms with van der Waals surface area (Å²) < 4.78 is 11.5. The number of methoxy groups -OCH3 is 1. The van der Waals surface area contributed by atoms with Crippen molar-refractivity contribution in [1.82, 2.24) is 0 Å². The van der Waals surface area contributed by atoms with Gasteiger partial charge in [-0.2, -0.15) is 0 Å². The predicted molar refractivity (Wildman–Crippen MR) is 112 cm³/mol. The Balaban J connectivity index is 1.70. The number of allylic oxidation sites excluding steroid dienone is 1. The fourth-order valence-electron chi connectivity index (χ4n) is 2.48. The molecule has 0 aliphatic carbocycles. The van der Waals surface area contributed by atoms with E-state index in [1.54, 1.807) is 60.7 Å². The Hall–Kier alpha value is -3.18. The Morgan fingerprint density at radius 1 is 0.857 bits per heavy atom. The highest BCUT2D eigenvalue weighted by Gasteiger charge is 2.10. The molecule has 0 amide bonds. The summed E-state index contributed by atoms with van der Waals surface area (Å²) >= 11 is 3.34. The number of carbonyl (C=O) groups is 2. The van der Waals surface area contributed by atoms with Crippen LogP contribution in [0.4, 0.5) is 0 Å². The molecule has 4 nitrogen and oxygen atoms in total. The summed E-state index contributed by atoms with van der Waals surface area (Å²) in [6, 6.07) is 20.9. The molecule has 3 aromatic rings. The molecule has 0 unspecified atom stereocenters. The van der Waals surface area contributed by atoms with Crippen molar-refractivity contribution < 1.29 is 19.1 Å². The molecule has 3 rings (SSSR count). The van der Waals surface area contributed by atoms with Crippen LogP contribution in [0.5, 0.6) is 11.5 Å². The van der Waals surface area contributed by atoms with Gasteiger partial charge in [-0.25, -0.2) is 4.79 Å². The minimum Gasteiger partial charge on any atom is -0.497 e. The molecule has 5 heteroatoms. The zero-order chi connectivity index (χ0) is 19.9. The molecule has 0 aromatic heterocycles. The molecule has 0 aliphatic rings. The summed E-state index contributed by atoms with van der Waals surface area (Å²) in [5, 5.41) is 0. The number of halogens is 1. The Labute approximate surface area is 171 Å². The van der Waals surface area contributed by atoms with Crippen LogP contribution in [-0.4, -0.2) is 18.9 Å². The van der Waals surface area contributed by atoms with Crippen LogP contribution in [-0.2, 0) is 0 Å². The molecule has 3 aromatic carbocycles. The van der Waals surface area contributed by atoms with Crippen molar-refractivity contribution in [2.45, 2.75) is 0 Å². The summed E-state index contributed by atoms with van der Waals surface area (Å²) in [5.74, 6) is 0.390. The molecule has 0 aliphatic heterocycles. The molecular formula is C23H17BrO4. The topological polar surface area (TPSA) is 52.6 Å². The number of rotatable bonds is 6. The summed E-state index contributed by atoms with van der Waals surface area (Å²) in [5.41, 5.74) is 1.74. The first kappa shape index (κ1) is 19.6. The Morgan fingerprint density at radius 3 is 2.32 bits per heavy atom. The van der Waals surface area contributed by atoms with E-state index in [0.717, 1.165) is 10.0 Å². The van der Waals surface area contributed by atoms with Gasteiger partial charge in [-0.05, 0) is 66.2 Å². The lowest BCUT2D eigenvalue weighted by Crippen LogP contribution is -2.08. The third-order valence-electron chi connectivity index (χ3n) is 3.93. The molecule has 0 spiro atoms. The number of hydrogen-bond donors (Lipinski definition) is 0. The number of hydrogen-bond acceptors (Lipinski definition) is 4. The normalized spacial score (nSPS) is 10.6. The molecule has 0 fully saturated rings. The average molecular weight is 437 g/mol. The van der Waals surface area contributed by atoms with Crippen molar-refractivity contribution in [3.8, 4) is 11.5 Å². The molecule has 0 radical (unpaired) electrons. The summed E-state index contributed by atoms with van der Waals surface area (Å²) in [4.78, 5) is 24.6. The second kappa shape index (κ2) is 9.15. The van der Waals surface area contributed by atoms with Crippen LogP contribution >= 0.6 is 15.9 Å². The molecule has 0 saturated heterocycles. The third-order valence-corrected chi connectivity index (χ3v) is 4.46. The highest BCUT2D eigenvalue weighted by molar-refractivity contribution is 9.10. The van der Waals surface area contributed by atoms with Crippen molar-refractivity contribution in [3.05, 3.63) is 100 Å². The van der Waals surface area contributed by atoms with Crippen LogP contribution < -0.4 is 9.47 Å². The van der Waals surface area contributed by atoms with E-state index < -0.39 is 5.97 Å². The monoisotopic (exact) mass is 436 g/mol. The minimum absolute atomic E-state index is 0.105. The predicted octanol–water partition coefficient (Wildman–Crippen LogP) is 5.57. The largest absolute Gasteiger partial charge is 0.497 e. The average Bonchev–Trinajstić information content (AvgIpc) is 2.73. The van der Waals surface area contributed by atoms with Crippen molar-refractivity contribution in [1.29, 1.82) is 0 Å². The molecule has 0 bridgehead atoms. The fourth-order valence-corrected chi connectivity index (χ4v) is 2.74. The zero-order valence-corrected chi connectivity index (χ0v) is 16.7. The second-order valence-corrected chi connectivity index (χ2v) is 6.81. The van der Waals surface area contributed by atoms with E-state index >= 15 is 0 Å². The van der Waals surface area contributed by atoms with Crippen molar-refractivity contribution in [2.75, 3.05) is 7.11 Å². The van der Waals surface area contributed by atoms with Gasteiger partial charge >= 0.3 is 5.97 Å². The standard InChI is InChI=1S/C23H17BrO4/c1-27-20-6-3-5-18(15-20)23(26)28-21-7-2-4-16(14-21)8-13-22(25)17-9-11-19(24)12-10-17/h2-15H,1H3/b13-8+. The molecule has 0 heterocycles.